The number of hydrogen-bond acceptors (Lipinski definition) is 4. The summed E-state index contributed by atoms with van der Waals surface area (Å²) in [5.41, 5.74) is 6.80. The molecule has 1 aromatic heterocycles. The van der Waals surface area contributed by atoms with Crippen molar-refractivity contribution in [3.8, 4) is 33.9 Å². The van der Waals surface area contributed by atoms with Crippen molar-refractivity contribution in [1.82, 2.24) is 15.0 Å². The molecule has 1 aliphatic carbocycles. The molecule has 1 unspecified atom stereocenters. The zero-order valence-electron chi connectivity index (χ0n) is 22.2. The van der Waals surface area contributed by atoms with Crippen LogP contribution in [0.4, 0.5) is 0 Å². The van der Waals surface area contributed by atoms with Gasteiger partial charge in [0.25, 0.3) is 0 Å². The largest absolute Gasteiger partial charge is 0.208 e. The standard InChI is InChI=1S/C37H25N3S/c1-2-9-26(10-3-1)35-38-36(27-17-14-25(15-18-27)29-19-16-24-8-4-5-11-28(24)22-29)40-37(39-35)30-20-21-32-31-12-6-7-13-33(31)41-34(32)23-30/h1-20,22-23,32H,21H2. The summed E-state index contributed by atoms with van der Waals surface area (Å²) in [6, 6.07) is 42.5. The highest BCUT2D eigenvalue weighted by Gasteiger charge is 2.30. The molecular weight excluding hydrogens is 518 g/mol. The molecule has 3 nitrogen and oxygen atoms in total. The van der Waals surface area contributed by atoms with E-state index in [1.807, 2.05) is 30.0 Å². The lowest BCUT2D eigenvalue weighted by Crippen LogP contribution is -2.05. The molecule has 0 spiro atoms. The molecule has 0 N–H and O–H groups in total. The van der Waals surface area contributed by atoms with Crippen LogP contribution in [0.3, 0.4) is 0 Å². The molecule has 2 aliphatic rings. The minimum Gasteiger partial charge on any atom is -0.208 e. The van der Waals surface area contributed by atoms with Crippen molar-refractivity contribution in [1.29, 1.82) is 0 Å². The second-order valence-electron chi connectivity index (χ2n) is 10.4. The van der Waals surface area contributed by atoms with Gasteiger partial charge in [0, 0.05) is 27.5 Å². The summed E-state index contributed by atoms with van der Waals surface area (Å²) in [4.78, 5) is 17.6. The first-order valence-electron chi connectivity index (χ1n) is 13.9. The van der Waals surface area contributed by atoms with Crippen molar-refractivity contribution < 1.29 is 0 Å². The van der Waals surface area contributed by atoms with Gasteiger partial charge in [0.1, 0.15) is 0 Å². The molecule has 2 heterocycles. The van der Waals surface area contributed by atoms with Gasteiger partial charge in [-0.25, -0.2) is 15.0 Å². The van der Waals surface area contributed by atoms with Gasteiger partial charge in [0.15, 0.2) is 17.5 Å². The van der Waals surface area contributed by atoms with Crippen molar-refractivity contribution in [2.75, 3.05) is 0 Å². The average Bonchev–Trinajstić information content (AvgIpc) is 3.43. The highest BCUT2D eigenvalue weighted by atomic mass is 32.2. The van der Waals surface area contributed by atoms with E-state index in [0.717, 1.165) is 28.9 Å². The molecule has 0 amide bonds. The van der Waals surface area contributed by atoms with E-state index in [4.69, 9.17) is 15.0 Å². The van der Waals surface area contributed by atoms with Crippen LogP contribution < -0.4 is 0 Å². The molecule has 1 aliphatic heterocycles. The molecule has 0 saturated carbocycles. The zero-order valence-corrected chi connectivity index (χ0v) is 23.1. The molecule has 8 rings (SSSR count). The van der Waals surface area contributed by atoms with Crippen LogP contribution in [0.5, 0.6) is 0 Å². The van der Waals surface area contributed by atoms with Gasteiger partial charge >= 0.3 is 0 Å². The number of aromatic nitrogens is 3. The Labute approximate surface area is 243 Å². The molecule has 41 heavy (non-hydrogen) atoms. The maximum absolute atomic E-state index is 5.02. The van der Waals surface area contributed by atoms with E-state index >= 15 is 0 Å². The first-order valence-corrected chi connectivity index (χ1v) is 14.7. The number of allylic oxidation sites excluding steroid dienone is 4. The first-order chi connectivity index (χ1) is 20.3. The van der Waals surface area contributed by atoms with Crippen molar-refractivity contribution in [3.05, 3.63) is 150 Å². The predicted octanol–water partition coefficient (Wildman–Crippen LogP) is 9.59. The van der Waals surface area contributed by atoms with Crippen molar-refractivity contribution >= 4 is 28.1 Å². The van der Waals surface area contributed by atoms with Crippen LogP contribution in [0.25, 0.3) is 50.2 Å². The Morgan fingerprint density at radius 1 is 0.537 bits per heavy atom. The summed E-state index contributed by atoms with van der Waals surface area (Å²) in [6.07, 6.45) is 5.51. The Bertz CT molecular complexity index is 1990. The van der Waals surface area contributed by atoms with E-state index in [2.05, 4.69) is 115 Å². The van der Waals surface area contributed by atoms with E-state index in [9.17, 15) is 0 Å². The van der Waals surface area contributed by atoms with Gasteiger partial charge in [-0.2, -0.15) is 0 Å². The molecule has 1 atom stereocenters. The quantitative estimate of drug-likeness (QED) is 0.222. The van der Waals surface area contributed by atoms with Gasteiger partial charge in [0.2, 0.25) is 0 Å². The molecular formula is C37H25N3S. The van der Waals surface area contributed by atoms with Crippen LogP contribution in [0, 0.1) is 0 Å². The predicted molar refractivity (Wildman–Crippen MR) is 169 cm³/mol. The Balaban J connectivity index is 1.17. The third-order valence-corrected chi connectivity index (χ3v) is 9.12. The lowest BCUT2D eigenvalue weighted by molar-refractivity contribution is 0.838. The van der Waals surface area contributed by atoms with Gasteiger partial charge in [-0.1, -0.05) is 127 Å². The van der Waals surface area contributed by atoms with E-state index in [-0.39, 0.29) is 0 Å². The van der Waals surface area contributed by atoms with Crippen LogP contribution in [-0.2, 0) is 0 Å². The Morgan fingerprint density at radius 2 is 1.17 bits per heavy atom. The zero-order chi connectivity index (χ0) is 27.2. The summed E-state index contributed by atoms with van der Waals surface area (Å²) >= 11 is 1.87. The maximum atomic E-state index is 5.02. The van der Waals surface area contributed by atoms with E-state index < -0.39 is 0 Å². The number of hydrogen-bond donors (Lipinski definition) is 0. The van der Waals surface area contributed by atoms with E-state index in [1.54, 1.807) is 0 Å². The molecule has 194 valence electrons. The Morgan fingerprint density at radius 3 is 2.00 bits per heavy atom. The SMILES string of the molecule is C1=C(c2nc(-c3ccccc3)nc(-c3ccc(-c4ccc5ccccc5c4)cc3)n2)C=C2Sc3ccccc3C2C1. The summed E-state index contributed by atoms with van der Waals surface area (Å²) in [5.74, 6) is 2.52. The molecule has 0 bridgehead atoms. The maximum Gasteiger partial charge on any atom is 0.164 e. The van der Waals surface area contributed by atoms with Crippen LogP contribution in [0.2, 0.25) is 0 Å². The van der Waals surface area contributed by atoms with Crippen LogP contribution in [-0.4, -0.2) is 15.0 Å². The number of rotatable bonds is 4. The number of nitrogens with zero attached hydrogens (tertiary/aromatic N) is 3. The summed E-state index contributed by atoms with van der Waals surface area (Å²) < 4.78 is 0. The van der Waals surface area contributed by atoms with Crippen LogP contribution >= 0.6 is 11.8 Å². The monoisotopic (exact) mass is 543 g/mol. The number of thioether (sulfide) groups is 1. The molecule has 0 fully saturated rings. The van der Waals surface area contributed by atoms with Gasteiger partial charge in [-0.05, 0) is 57.0 Å². The summed E-state index contributed by atoms with van der Waals surface area (Å²) in [7, 11) is 0. The molecule has 4 heteroatoms. The summed E-state index contributed by atoms with van der Waals surface area (Å²) in [5, 5.41) is 2.49. The van der Waals surface area contributed by atoms with Crippen molar-refractivity contribution in [2.24, 2.45) is 0 Å². The smallest absolute Gasteiger partial charge is 0.164 e. The molecule has 6 aromatic rings. The van der Waals surface area contributed by atoms with Gasteiger partial charge in [-0.15, -0.1) is 0 Å². The lowest BCUT2D eigenvalue weighted by atomic mass is 9.90. The Kier molecular flexibility index (Phi) is 5.86. The first kappa shape index (κ1) is 24.0. The fourth-order valence-electron chi connectivity index (χ4n) is 5.73. The van der Waals surface area contributed by atoms with Gasteiger partial charge in [-0.3, -0.25) is 0 Å². The highest BCUT2D eigenvalue weighted by Crippen LogP contribution is 2.52. The normalized spacial score (nSPS) is 15.7. The third kappa shape index (κ3) is 4.47. The highest BCUT2D eigenvalue weighted by molar-refractivity contribution is 8.03. The fourth-order valence-corrected chi connectivity index (χ4v) is 7.01. The van der Waals surface area contributed by atoms with E-state index in [0.29, 0.717) is 17.6 Å². The summed E-state index contributed by atoms with van der Waals surface area (Å²) in [6.45, 7) is 0. The second-order valence-corrected chi connectivity index (χ2v) is 11.6. The third-order valence-electron chi connectivity index (χ3n) is 7.89. The van der Waals surface area contributed by atoms with Crippen LogP contribution in [0.15, 0.2) is 143 Å². The topological polar surface area (TPSA) is 38.7 Å². The van der Waals surface area contributed by atoms with Crippen LogP contribution in [0.1, 0.15) is 23.7 Å². The van der Waals surface area contributed by atoms with E-state index in [1.165, 1.54) is 37.3 Å². The molecule has 0 radical (unpaired) electrons. The Hall–Kier alpha value is -4.80. The van der Waals surface area contributed by atoms with Crippen molar-refractivity contribution in [3.63, 3.8) is 0 Å². The minimum atomic E-state index is 0.428. The van der Waals surface area contributed by atoms with Gasteiger partial charge < -0.3 is 0 Å². The number of benzene rings is 5. The average molecular weight is 544 g/mol. The second kappa shape index (κ2) is 9.99. The van der Waals surface area contributed by atoms with Gasteiger partial charge in [0.05, 0.1) is 0 Å². The fraction of sp³-hybridized carbons (Fsp3) is 0.0541. The lowest BCUT2D eigenvalue weighted by Gasteiger charge is -2.17. The minimum absolute atomic E-state index is 0.428. The van der Waals surface area contributed by atoms with Crippen molar-refractivity contribution in [2.45, 2.75) is 17.2 Å². The number of fused-ring (bicyclic) bond motifs is 4. The molecule has 0 saturated heterocycles. The molecule has 5 aromatic carbocycles.